The van der Waals surface area contributed by atoms with Crippen LogP contribution in [0.15, 0.2) is 12.1 Å². The molecule has 0 amide bonds. The first-order valence-electron chi connectivity index (χ1n) is 6.43. The van der Waals surface area contributed by atoms with Gasteiger partial charge in [0.2, 0.25) is 0 Å². The summed E-state index contributed by atoms with van der Waals surface area (Å²) in [6, 6.07) is 2.34. The number of aliphatic hydroxyl groups is 1. The van der Waals surface area contributed by atoms with Crippen LogP contribution in [0.25, 0.3) is 0 Å². The fourth-order valence-electron chi connectivity index (χ4n) is 2.36. The number of halogens is 1. The van der Waals surface area contributed by atoms with Crippen molar-refractivity contribution in [1.82, 2.24) is 4.90 Å². The number of aromatic carboxylic acids is 1. The molecule has 0 bridgehead atoms. The van der Waals surface area contributed by atoms with E-state index in [0.717, 1.165) is 6.07 Å². The lowest BCUT2D eigenvalue weighted by Gasteiger charge is -2.36. The van der Waals surface area contributed by atoms with E-state index in [1.807, 2.05) is 0 Å². The molecule has 0 atom stereocenters. The van der Waals surface area contributed by atoms with Crippen LogP contribution in [0.5, 0.6) is 0 Å². The Bertz CT molecular complexity index is 502. The van der Waals surface area contributed by atoms with Crippen molar-refractivity contribution in [3.8, 4) is 0 Å². The largest absolute Gasteiger partial charge is 0.478 e. The van der Waals surface area contributed by atoms with Gasteiger partial charge in [-0.15, -0.1) is 0 Å². The summed E-state index contributed by atoms with van der Waals surface area (Å²) in [5.74, 6) is -1.68. The van der Waals surface area contributed by atoms with E-state index in [2.05, 4.69) is 4.90 Å². The molecule has 0 spiro atoms. The molecule has 6 nitrogen and oxygen atoms in total. The van der Waals surface area contributed by atoms with E-state index in [9.17, 15) is 9.18 Å². The number of benzene rings is 1. The minimum Gasteiger partial charge on any atom is -0.478 e. The molecule has 1 aliphatic heterocycles. The zero-order valence-corrected chi connectivity index (χ0v) is 11.0. The molecule has 110 valence electrons. The van der Waals surface area contributed by atoms with E-state index in [0.29, 0.717) is 32.7 Å². The van der Waals surface area contributed by atoms with E-state index >= 15 is 0 Å². The highest BCUT2D eigenvalue weighted by molar-refractivity contribution is 5.95. The molecule has 2 rings (SSSR count). The van der Waals surface area contributed by atoms with Gasteiger partial charge in [-0.2, -0.15) is 0 Å². The number of anilines is 2. The maximum atomic E-state index is 14.0. The van der Waals surface area contributed by atoms with Crippen LogP contribution in [0.4, 0.5) is 15.8 Å². The zero-order valence-electron chi connectivity index (χ0n) is 11.0. The Kier molecular flexibility index (Phi) is 4.41. The molecule has 1 fully saturated rings. The zero-order chi connectivity index (χ0) is 14.7. The van der Waals surface area contributed by atoms with Gasteiger partial charge in [0.15, 0.2) is 0 Å². The van der Waals surface area contributed by atoms with Gasteiger partial charge in [0.1, 0.15) is 5.82 Å². The normalized spacial score (nSPS) is 16.4. The van der Waals surface area contributed by atoms with Gasteiger partial charge in [-0.1, -0.05) is 0 Å². The third kappa shape index (κ3) is 3.00. The number of nitrogens with two attached hydrogens (primary N) is 1. The number of nitrogen functional groups attached to an aromatic ring is 1. The minimum atomic E-state index is -1.16. The first-order chi connectivity index (χ1) is 9.52. The van der Waals surface area contributed by atoms with E-state index < -0.39 is 11.8 Å². The van der Waals surface area contributed by atoms with Gasteiger partial charge in [-0.3, -0.25) is 4.90 Å². The van der Waals surface area contributed by atoms with Gasteiger partial charge >= 0.3 is 5.97 Å². The van der Waals surface area contributed by atoms with Crippen molar-refractivity contribution in [2.75, 3.05) is 50.0 Å². The number of carboxylic acids is 1. The Hall–Kier alpha value is -1.86. The molecular weight excluding hydrogens is 265 g/mol. The quantitative estimate of drug-likeness (QED) is 0.685. The summed E-state index contributed by atoms with van der Waals surface area (Å²) in [7, 11) is 0. The highest BCUT2D eigenvalue weighted by atomic mass is 19.1. The highest BCUT2D eigenvalue weighted by Crippen LogP contribution is 2.26. The van der Waals surface area contributed by atoms with Crippen LogP contribution in [0.3, 0.4) is 0 Å². The van der Waals surface area contributed by atoms with Gasteiger partial charge in [0, 0.05) is 38.4 Å². The van der Waals surface area contributed by atoms with Crippen molar-refractivity contribution in [3.63, 3.8) is 0 Å². The molecule has 1 heterocycles. The van der Waals surface area contributed by atoms with Crippen LogP contribution in [0.2, 0.25) is 0 Å². The molecule has 0 radical (unpaired) electrons. The molecule has 1 saturated heterocycles. The third-order valence-electron chi connectivity index (χ3n) is 3.48. The number of hydrogen-bond acceptors (Lipinski definition) is 5. The van der Waals surface area contributed by atoms with Gasteiger partial charge < -0.3 is 20.8 Å². The second-order valence-corrected chi connectivity index (χ2v) is 4.75. The molecule has 1 aliphatic rings. The molecule has 20 heavy (non-hydrogen) atoms. The van der Waals surface area contributed by atoms with Crippen LogP contribution in [0.1, 0.15) is 10.4 Å². The van der Waals surface area contributed by atoms with E-state index in [1.54, 1.807) is 4.90 Å². The van der Waals surface area contributed by atoms with E-state index in [1.165, 1.54) is 6.07 Å². The first kappa shape index (κ1) is 14.5. The Labute approximate surface area is 116 Å². The van der Waals surface area contributed by atoms with Gasteiger partial charge in [0.05, 0.1) is 17.9 Å². The summed E-state index contributed by atoms with van der Waals surface area (Å²) in [5, 5.41) is 17.9. The van der Waals surface area contributed by atoms with Crippen molar-refractivity contribution >= 4 is 17.3 Å². The number of carboxylic acid groups (broad SMARTS) is 1. The molecular formula is C13H18FN3O3. The Morgan fingerprint density at radius 1 is 1.30 bits per heavy atom. The topological polar surface area (TPSA) is 90.0 Å². The van der Waals surface area contributed by atoms with Crippen LogP contribution in [0, 0.1) is 5.82 Å². The lowest BCUT2D eigenvalue weighted by atomic mass is 10.1. The number of hydrogen-bond donors (Lipinski definition) is 3. The summed E-state index contributed by atoms with van der Waals surface area (Å²) >= 11 is 0. The SMILES string of the molecule is Nc1cc(F)c(N2CCN(CCO)CC2)cc1C(=O)O. The number of β-amino-alcohol motifs (C(OH)–C–C–N with tert-alkyl or cyclic N) is 1. The van der Waals surface area contributed by atoms with Gasteiger partial charge in [-0.25, -0.2) is 9.18 Å². The van der Waals surface area contributed by atoms with Crippen LogP contribution in [-0.2, 0) is 0 Å². The lowest BCUT2D eigenvalue weighted by Crippen LogP contribution is -2.47. The Morgan fingerprint density at radius 3 is 2.50 bits per heavy atom. The molecule has 0 unspecified atom stereocenters. The minimum absolute atomic E-state index is 0.0716. The van der Waals surface area contributed by atoms with E-state index in [4.69, 9.17) is 15.9 Å². The van der Waals surface area contributed by atoms with Crippen LogP contribution >= 0.6 is 0 Å². The fraction of sp³-hybridized carbons (Fsp3) is 0.462. The number of rotatable bonds is 4. The molecule has 1 aromatic rings. The molecule has 0 aliphatic carbocycles. The Balaban J connectivity index is 2.17. The average Bonchev–Trinajstić information content (AvgIpc) is 2.40. The number of aliphatic hydroxyl groups excluding tert-OH is 1. The van der Waals surface area contributed by atoms with Crippen molar-refractivity contribution in [2.45, 2.75) is 0 Å². The molecule has 4 N–H and O–H groups in total. The smallest absolute Gasteiger partial charge is 0.337 e. The van der Waals surface area contributed by atoms with Crippen molar-refractivity contribution in [1.29, 1.82) is 0 Å². The maximum absolute atomic E-state index is 14.0. The molecule has 0 aromatic heterocycles. The predicted molar refractivity (Wildman–Crippen MR) is 73.5 cm³/mol. The van der Waals surface area contributed by atoms with Crippen molar-refractivity contribution in [2.24, 2.45) is 0 Å². The summed E-state index contributed by atoms with van der Waals surface area (Å²) < 4.78 is 14.0. The number of carbonyl (C=O) groups is 1. The second-order valence-electron chi connectivity index (χ2n) is 4.75. The highest BCUT2D eigenvalue weighted by Gasteiger charge is 2.21. The maximum Gasteiger partial charge on any atom is 0.337 e. The molecule has 7 heteroatoms. The monoisotopic (exact) mass is 283 g/mol. The van der Waals surface area contributed by atoms with Gasteiger partial charge in [-0.05, 0) is 12.1 Å². The molecule has 1 aromatic carbocycles. The molecule has 0 saturated carbocycles. The summed E-state index contributed by atoms with van der Waals surface area (Å²) in [4.78, 5) is 14.9. The predicted octanol–water partition coefficient (Wildman–Crippen LogP) is 0.220. The first-order valence-corrected chi connectivity index (χ1v) is 6.43. The third-order valence-corrected chi connectivity index (χ3v) is 3.48. The van der Waals surface area contributed by atoms with Crippen molar-refractivity contribution in [3.05, 3.63) is 23.5 Å². The summed E-state index contributed by atoms with van der Waals surface area (Å²) in [6.07, 6.45) is 0. The van der Waals surface area contributed by atoms with Crippen molar-refractivity contribution < 1.29 is 19.4 Å². The summed E-state index contributed by atoms with van der Waals surface area (Å²) in [6.45, 7) is 3.26. The second kappa shape index (κ2) is 6.06. The Morgan fingerprint density at radius 2 is 1.95 bits per heavy atom. The lowest BCUT2D eigenvalue weighted by molar-refractivity contribution is 0.0698. The van der Waals surface area contributed by atoms with Gasteiger partial charge in [0.25, 0.3) is 0 Å². The van der Waals surface area contributed by atoms with E-state index in [-0.39, 0.29) is 23.5 Å². The standard InChI is InChI=1S/C13H18FN3O3/c14-10-8-11(15)9(13(19)20)7-12(10)17-3-1-16(2-4-17)5-6-18/h7-8,18H,1-6,15H2,(H,19,20). The fourth-order valence-corrected chi connectivity index (χ4v) is 2.36. The number of piperazine rings is 1. The summed E-state index contributed by atoms with van der Waals surface area (Å²) in [5.41, 5.74) is 5.62. The average molecular weight is 283 g/mol. The van der Waals surface area contributed by atoms with Crippen LogP contribution in [-0.4, -0.2) is 60.4 Å². The number of nitrogens with zero attached hydrogens (tertiary/aromatic N) is 2. The van der Waals surface area contributed by atoms with Crippen LogP contribution < -0.4 is 10.6 Å².